The fraction of sp³-hybridized carbons (Fsp3) is 0.600. The van der Waals surface area contributed by atoms with Gasteiger partial charge in [0.15, 0.2) is 0 Å². The maximum absolute atomic E-state index is 6.60. The van der Waals surface area contributed by atoms with Crippen LogP contribution in [0, 0.1) is 0 Å². The quantitative estimate of drug-likeness (QED) is 0.578. The molecule has 0 saturated carbocycles. The van der Waals surface area contributed by atoms with Crippen molar-refractivity contribution in [2.24, 2.45) is 5.73 Å². The molecule has 2 N–H and O–H groups in total. The van der Waals surface area contributed by atoms with Gasteiger partial charge in [0, 0.05) is 0 Å². The second-order valence-corrected chi connectivity index (χ2v) is 22.9. The second kappa shape index (κ2) is 7.09. The third-order valence-electron chi connectivity index (χ3n) is 2.27. The molecule has 92 valence electrons. The van der Waals surface area contributed by atoms with Crippen molar-refractivity contribution in [1.82, 2.24) is 0 Å². The summed E-state index contributed by atoms with van der Waals surface area (Å²) in [6.07, 6.45) is 0. The van der Waals surface area contributed by atoms with Crippen LogP contribution in [0.25, 0.3) is 0 Å². The van der Waals surface area contributed by atoms with Crippen LogP contribution in [0.4, 0.5) is 0 Å². The molecule has 0 bridgehead atoms. The summed E-state index contributed by atoms with van der Waals surface area (Å²) in [5, 5.41) is 2.05. The van der Waals surface area contributed by atoms with Crippen LogP contribution in [-0.2, 0) is 0 Å². The summed E-state index contributed by atoms with van der Waals surface area (Å²) in [7, 11) is 13.2. The zero-order valence-electron chi connectivity index (χ0n) is 9.50. The summed E-state index contributed by atoms with van der Waals surface area (Å²) in [5.74, 6) is 2.19. The van der Waals surface area contributed by atoms with E-state index in [1.165, 1.54) is 8.46 Å². The molecule has 1 aromatic rings. The Morgan fingerprint density at radius 3 is 2.81 bits per heavy atom. The first-order valence-electron chi connectivity index (χ1n) is 5.28. The van der Waals surface area contributed by atoms with E-state index >= 15 is 0 Å². The molecule has 1 rings (SSSR count). The molecule has 0 radical (unpaired) electrons. The Balaban J connectivity index is 2.76. The van der Waals surface area contributed by atoms with Crippen LogP contribution in [0.2, 0.25) is 4.44 Å². The summed E-state index contributed by atoms with van der Waals surface area (Å²) in [5.41, 5.74) is 5.93. The number of nitrogens with two attached hydrogens (primary N) is 1. The van der Waals surface area contributed by atoms with Gasteiger partial charge in [-0.1, -0.05) is 0 Å². The van der Waals surface area contributed by atoms with Gasteiger partial charge in [0.1, 0.15) is 0 Å². The average molecular weight is 405 g/mol. The molecule has 0 saturated heterocycles. The van der Waals surface area contributed by atoms with Crippen molar-refractivity contribution >= 4 is 60.6 Å². The number of thioether (sulfide) groups is 1. The van der Waals surface area contributed by atoms with Gasteiger partial charge in [-0.05, 0) is 0 Å². The van der Waals surface area contributed by atoms with Gasteiger partial charge in [0.2, 0.25) is 0 Å². The second-order valence-electron chi connectivity index (χ2n) is 3.64. The monoisotopic (exact) mass is 405 g/mol. The van der Waals surface area contributed by atoms with E-state index in [9.17, 15) is 0 Å². The van der Waals surface area contributed by atoms with Crippen LogP contribution in [-0.4, -0.2) is 27.6 Å². The molecule has 0 aliphatic carbocycles. The van der Waals surface area contributed by atoms with E-state index in [1.54, 1.807) is 11.3 Å². The van der Waals surface area contributed by atoms with Crippen LogP contribution in [0.3, 0.4) is 0 Å². The van der Waals surface area contributed by atoms with Gasteiger partial charge in [-0.2, -0.15) is 0 Å². The Kier molecular flexibility index (Phi) is 6.85. The maximum atomic E-state index is 6.60. The van der Waals surface area contributed by atoms with Crippen molar-refractivity contribution in [2.45, 2.75) is 24.3 Å². The number of hydrogen-bond donors (Lipinski definition) is 1. The van der Waals surface area contributed by atoms with Gasteiger partial charge in [-0.15, -0.1) is 0 Å². The van der Waals surface area contributed by atoms with Gasteiger partial charge in [0.05, 0.1) is 0 Å². The summed E-state index contributed by atoms with van der Waals surface area (Å²) in [6, 6.07) is 2.12. The Hall–Kier alpha value is 1.39. The number of halogens is 2. The summed E-state index contributed by atoms with van der Waals surface area (Å²) >= 11 is 0.483. The first kappa shape index (κ1) is 15.4. The molecule has 0 aromatic carbocycles. The first-order valence-corrected chi connectivity index (χ1v) is 18.0. The molecule has 1 atom stereocenters. The molecule has 0 spiro atoms. The van der Waals surface area contributed by atoms with Crippen molar-refractivity contribution in [3.63, 3.8) is 0 Å². The topological polar surface area (TPSA) is 26.0 Å². The molecular weight excluding hydrogens is 388 g/mol. The third kappa shape index (κ3) is 4.25. The molecular formula is C10H17Cl2NS2Sn. The predicted octanol–water partition coefficient (Wildman–Crippen LogP) is 3.65. The van der Waals surface area contributed by atoms with E-state index in [-0.39, 0.29) is 6.04 Å². The van der Waals surface area contributed by atoms with E-state index in [0.717, 1.165) is 15.9 Å². The zero-order valence-corrected chi connectivity index (χ0v) is 15.5. The van der Waals surface area contributed by atoms with Crippen LogP contribution >= 0.6 is 40.9 Å². The Morgan fingerprint density at radius 2 is 2.25 bits per heavy atom. The molecule has 1 aromatic heterocycles. The summed E-state index contributed by atoms with van der Waals surface area (Å²) in [6.45, 7) is 4.15. The molecule has 0 fully saturated rings. The standard InChI is InChI=1S/C6H8NS.C4H9S.2ClH.Sn/c1-5(7)6-3-2-4-8-6;1-3-5-4-2;;;/h2,4-5H,7H2,1H3;1,3-4H2,2H3;2*1H;/q;;;;+2/p-2. The van der Waals surface area contributed by atoms with Crippen molar-refractivity contribution in [3.8, 4) is 0 Å². The average Bonchev–Trinajstić information content (AvgIpc) is 2.66. The van der Waals surface area contributed by atoms with Crippen molar-refractivity contribution in [1.29, 1.82) is 0 Å². The minimum atomic E-state index is -3.09. The van der Waals surface area contributed by atoms with E-state index in [1.807, 2.05) is 18.7 Å². The van der Waals surface area contributed by atoms with E-state index in [0.29, 0.717) is 0 Å². The van der Waals surface area contributed by atoms with Gasteiger partial charge >= 0.3 is 119 Å². The van der Waals surface area contributed by atoms with Gasteiger partial charge in [0.25, 0.3) is 0 Å². The minimum absolute atomic E-state index is 0.0439. The van der Waals surface area contributed by atoms with Crippen molar-refractivity contribution in [2.75, 3.05) is 11.5 Å². The van der Waals surface area contributed by atoms with Gasteiger partial charge in [-0.3, -0.25) is 0 Å². The SMILES string of the molecule is CCSC[CH2][Sn]([Cl])([Cl])[c]1ccsc1C(C)N. The fourth-order valence-corrected chi connectivity index (χ4v) is 17.8. The normalized spacial score (nSPS) is 14.1. The third-order valence-corrected chi connectivity index (χ3v) is 17.1. The van der Waals surface area contributed by atoms with Crippen LogP contribution in [0.15, 0.2) is 11.4 Å². The molecule has 0 aliphatic rings. The Morgan fingerprint density at radius 1 is 1.56 bits per heavy atom. The molecule has 1 heterocycles. The number of thiophene rings is 1. The van der Waals surface area contributed by atoms with Crippen molar-refractivity contribution < 1.29 is 0 Å². The van der Waals surface area contributed by atoms with Gasteiger partial charge in [-0.25, -0.2) is 0 Å². The first-order chi connectivity index (χ1) is 7.49. The molecule has 0 amide bonds. The van der Waals surface area contributed by atoms with Crippen LogP contribution < -0.4 is 9.31 Å². The molecule has 16 heavy (non-hydrogen) atoms. The molecule has 1 nitrogen and oxygen atoms in total. The fourth-order valence-electron chi connectivity index (χ4n) is 1.46. The van der Waals surface area contributed by atoms with Crippen LogP contribution in [0.5, 0.6) is 0 Å². The summed E-state index contributed by atoms with van der Waals surface area (Å²) in [4.78, 5) is 1.18. The Labute approximate surface area is 117 Å². The predicted molar refractivity (Wildman–Crippen MR) is 81.8 cm³/mol. The molecule has 1 unspecified atom stereocenters. The molecule has 6 heteroatoms. The van der Waals surface area contributed by atoms with E-state index in [4.69, 9.17) is 23.6 Å². The van der Waals surface area contributed by atoms with Gasteiger partial charge < -0.3 is 0 Å². The Bertz CT molecular complexity index is 328. The zero-order chi connectivity index (χ0) is 12.2. The number of hydrogen-bond acceptors (Lipinski definition) is 3. The molecule has 0 aliphatic heterocycles. The van der Waals surface area contributed by atoms with E-state index in [2.05, 4.69) is 18.4 Å². The van der Waals surface area contributed by atoms with Crippen molar-refractivity contribution in [3.05, 3.63) is 16.3 Å². The number of rotatable bonds is 6. The van der Waals surface area contributed by atoms with E-state index < -0.39 is 16.1 Å². The summed E-state index contributed by atoms with van der Waals surface area (Å²) < 4.78 is 2.15. The van der Waals surface area contributed by atoms with Crippen LogP contribution in [0.1, 0.15) is 24.8 Å².